The van der Waals surface area contributed by atoms with E-state index in [1.807, 2.05) is 18.4 Å². The molecule has 0 aliphatic rings. The average molecular weight is 447 g/mol. The maximum Gasteiger partial charge on any atom is 0.237 e. The van der Waals surface area contributed by atoms with Gasteiger partial charge in [0.2, 0.25) is 5.91 Å². The van der Waals surface area contributed by atoms with E-state index in [-0.39, 0.29) is 17.7 Å². The van der Waals surface area contributed by atoms with Gasteiger partial charge in [-0.3, -0.25) is 4.79 Å². The highest BCUT2D eigenvalue weighted by Gasteiger charge is 2.25. The van der Waals surface area contributed by atoms with E-state index in [0.29, 0.717) is 16.7 Å². The van der Waals surface area contributed by atoms with Crippen LogP contribution in [0.3, 0.4) is 0 Å². The summed E-state index contributed by atoms with van der Waals surface area (Å²) in [6.45, 7) is 7.43. The van der Waals surface area contributed by atoms with Crippen LogP contribution in [0.5, 0.6) is 5.75 Å². The van der Waals surface area contributed by atoms with Crippen LogP contribution in [-0.2, 0) is 4.79 Å². The average Bonchev–Trinajstić information content (AvgIpc) is 3.13. The lowest BCUT2D eigenvalue weighted by Gasteiger charge is -2.20. The molecule has 0 bridgehead atoms. The minimum absolute atomic E-state index is 0.0161. The van der Waals surface area contributed by atoms with E-state index in [9.17, 15) is 13.6 Å². The Hall–Kier alpha value is -2.94. The summed E-state index contributed by atoms with van der Waals surface area (Å²) in [5, 5.41) is 11.2. The summed E-state index contributed by atoms with van der Waals surface area (Å²) >= 11 is 1.23. The van der Waals surface area contributed by atoms with Crippen molar-refractivity contribution in [2.24, 2.45) is 0 Å². The third-order valence-corrected chi connectivity index (χ3v) is 5.51. The van der Waals surface area contributed by atoms with Crippen LogP contribution >= 0.6 is 11.8 Å². The number of ether oxygens (including phenoxy) is 1. The van der Waals surface area contributed by atoms with Crippen molar-refractivity contribution in [2.75, 3.05) is 5.32 Å². The molecular weight excluding hydrogens is 422 g/mol. The first-order valence-electron chi connectivity index (χ1n) is 9.85. The monoisotopic (exact) mass is 446 g/mol. The van der Waals surface area contributed by atoms with Crippen molar-refractivity contribution in [1.29, 1.82) is 0 Å². The summed E-state index contributed by atoms with van der Waals surface area (Å²) in [7, 11) is 0. The molecule has 2 unspecified atom stereocenters. The lowest BCUT2D eigenvalue weighted by atomic mass is 10.3. The predicted octanol–water partition coefficient (Wildman–Crippen LogP) is 5.40. The molecule has 0 aliphatic carbocycles. The number of hydrogen-bond donors (Lipinski definition) is 1. The van der Waals surface area contributed by atoms with Crippen molar-refractivity contribution in [3.8, 4) is 5.75 Å². The van der Waals surface area contributed by atoms with Crippen molar-refractivity contribution in [3.63, 3.8) is 0 Å². The molecule has 1 aromatic heterocycles. The Bertz CT molecular complexity index is 1060. The van der Waals surface area contributed by atoms with Crippen LogP contribution in [0.25, 0.3) is 0 Å². The zero-order valence-electron chi connectivity index (χ0n) is 17.7. The van der Waals surface area contributed by atoms with Gasteiger partial charge in [0.05, 0.1) is 5.25 Å². The van der Waals surface area contributed by atoms with Crippen LogP contribution in [0.2, 0.25) is 0 Å². The van der Waals surface area contributed by atoms with Crippen LogP contribution in [0.15, 0.2) is 53.7 Å². The van der Waals surface area contributed by atoms with E-state index in [1.54, 1.807) is 38.1 Å². The van der Waals surface area contributed by atoms with Gasteiger partial charge in [-0.15, -0.1) is 10.2 Å². The molecule has 0 aliphatic heterocycles. The van der Waals surface area contributed by atoms with Gasteiger partial charge in [-0.1, -0.05) is 30.0 Å². The second-order valence-corrected chi connectivity index (χ2v) is 8.56. The predicted molar refractivity (Wildman–Crippen MR) is 116 cm³/mol. The van der Waals surface area contributed by atoms with E-state index in [2.05, 4.69) is 15.5 Å². The minimum Gasteiger partial charge on any atom is -0.480 e. The molecule has 3 rings (SSSR count). The fraction of sp³-hybridized carbons (Fsp3) is 0.318. The highest BCUT2D eigenvalue weighted by atomic mass is 32.2. The van der Waals surface area contributed by atoms with Gasteiger partial charge in [-0.05, 0) is 58.0 Å². The molecule has 0 spiro atoms. The Morgan fingerprint density at radius 1 is 1.06 bits per heavy atom. The fourth-order valence-corrected chi connectivity index (χ4v) is 3.92. The van der Waals surface area contributed by atoms with Crippen LogP contribution in [-0.4, -0.2) is 25.9 Å². The van der Waals surface area contributed by atoms with E-state index in [4.69, 9.17) is 4.74 Å². The number of rotatable bonds is 8. The topological polar surface area (TPSA) is 69.0 Å². The Balaban J connectivity index is 1.75. The number of amides is 1. The van der Waals surface area contributed by atoms with E-state index in [0.717, 1.165) is 0 Å². The van der Waals surface area contributed by atoms with E-state index >= 15 is 0 Å². The highest BCUT2D eigenvalue weighted by Crippen LogP contribution is 2.30. The fourth-order valence-electron chi connectivity index (χ4n) is 2.94. The van der Waals surface area contributed by atoms with Crippen LogP contribution in [0.4, 0.5) is 14.5 Å². The molecule has 2 atom stereocenters. The van der Waals surface area contributed by atoms with E-state index < -0.39 is 23.0 Å². The highest BCUT2D eigenvalue weighted by molar-refractivity contribution is 8.00. The number of nitrogens with zero attached hydrogens (tertiary/aromatic N) is 3. The molecule has 1 amide bonds. The van der Waals surface area contributed by atoms with Crippen molar-refractivity contribution in [3.05, 3.63) is 66.0 Å². The van der Waals surface area contributed by atoms with Crippen LogP contribution in [0.1, 0.15) is 45.7 Å². The van der Waals surface area contributed by atoms with Gasteiger partial charge in [0, 0.05) is 11.7 Å². The Morgan fingerprint density at radius 2 is 1.81 bits per heavy atom. The number of benzene rings is 2. The van der Waals surface area contributed by atoms with Crippen molar-refractivity contribution in [2.45, 2.75) is 50.2 Å². The SMILES string of the molecule is CC(Sc1nnc(C(C)Oc2ccccc2F)n1C(C)C)C(=O)Nc1cccc(F)c1. The maximum absolute atomic E-state index is 14.0. The zero-order valence-corrected chi connectivity index (χ0v) is 18.5. The number of nitrogens with one attached hydrogen (secondary N) is 1. The summed E-state index contributed by atoms with van der Waals surface area (Å²) in [5.74, 6) is -0.511. The van der Waals surface area contributed by atoms with Crippen LogP contribution in [0, 0.1) is 11.6 Å². The van der Waals surface area contributed by atoms with E-state index in [1.165, 1.54) is 36.0 Å². The number of aromatic nitrogens is 3. The zero-order chi connectivity index (χ0) is 22.5. The summed E-state index contributed by atoms with van der Waals surface area (Å²) in [6.07, 6.45) is -0.558. The van der Waals surface area contributed by atoms with Gasteiger partial charge < -0.3 is 14.6 Å². The van der Waals surface area contributed by atoms with Crippen molar-refractivity contribution < 1.29 is 18.3 Å². The summed E-state index contributed by atoms with van der Waals surface area (Å²) < 4.78 is 34.9. The molecule has 2 aromatic carbocycles. The molecule has 3 aromatic rings. The Labute approximate surface area is 184 Å². The number of carbonyl (C=O) groups excluding carboxylic acids is 1. The van der Waals surface area contributed by atoms with Crippen molar-refractivity contribution >= 4 is 23.4 Å². The van der Waals surface area contributed by atoms with Gasteiger partial charge in [0.1, 0.15) is 5.82 Å². The number of thioether (sulfide) groups is 1. The number of para-hydroxylation sites is 1. The first-order valence-corrected chi connectivity index (χ1v) is 10.7. The third kappa shape index (κ3) is 5.61. The quantitative estimate of drug-likeness (QED) is 0.470. The molecule has 0 saturated carbocycles. The molecule has 0 saturated heterocycles. The second-order valence-electron chi connectivity index (χ2n) is 7.25. The summed E-state index contributed by atoms with van der Waals surface area (Å²) in [6, 6.07) is 11.9. The van der Waals surface area contributed by atoms with Gasteiger partial charge in [-0.2, -0.15) is 0 Å². The Morgan fingerprint density at radius 3 is 2.48 bits per heavy atom. The lowest BCUT2D eigenvalue weighted by Crippen LogP contribution is -2.23. The smallest absolute Gasteiger partial charge is 0.237 e. The molecule has 1 heterocycles. The van der Waals surface area contributed by atoms with Gasteiger partial charge in [0.15, 0.2) is 28.7 Å². The number of hydrogen-bond acceptors (Lipinski definition) is 5. The van der Waals surface area contributed by atoms with Crippen LogP contribution < -0.4 is 10.1 Å². The molecule has 0 radical (unpaired) electrons. The molecular formula is C22H24F2N4O2S. The second kappa shape index (κ2) is 9.91. The molecule has 1 N–H and O–H groups in total. The number of anilines is 1. The van der Waals surface area contributed by atoms with Gasteiger partial charge in [0.25, 0.3) is 0 Å². The largest absolute Gasteiger partial charge is 0.480 e. The number of halogens is 2. The third-order valence-electron chi connectivity index (χ3n) is 4.45. The molecule has 6 nitrogen and oxygen atoms in total. The number of carbonyl (C=O) groups is 1. The summed E-state index contributed by atoms with van der Waals surface area (Å²) in [4.78, 5) is 12.6. The Kier molecular flexibility index (Phi) is 7.27. The lowest BCUT2D eigenvalue weighted by molar-refractivity contribution is -0.115. The first kappa shape index (κ1) is 22.7. The molecule has 9 heteroatoms. The maximum atomic E-state index is 14.0. The first-order chi connectivity index (χ1) is 14.8. The summed E-state index contributed by atoms with van der Waals surface area (Å²) in [5.41, 5.74) is 0.385. The molecule has 164 valence electrons. The van der Waals surface area contributed by atoms with Gasteiger partial charge >= 0.3 is 0 Å². The minimum atomic E-state index is -0.558. The van der Waals surface area contributed by atoms with Gasteiger partial charge in [-0.25, -0.2) is 8.78 Å². The molecule has 31 heavy (non-hydrogen) atoms. The normalized spacial score (nSPS) is 13.1. The van der Waals surface area contributed by atoms with Crippen molar-refractivity contribution in [1.82, 2.24) is 14.8 Å². The standard InChI is InChI=1S/C22H24F2N4O2S/c1-13(2)28-20(14(3)30-19-11-6-5-10-18(19)24)26-27-22(28)31-15(4)21(29)25-17-9-7-8-16(23)12-17/h5-15H,1-4H3,(H,25,29). The molecule has 0 fully saturated rings.